The van der Waals surface area contributed by atoms with Crippen molar-refractivity contribution < 1.29 is 0 Å². The summed E-state index contributed by atoms with van der Waals surface area (Å²) in [6.07, 6.45) is 0. The third kappa shape index (κ3) is 17.0. The van der Waals surface area contributed by atoms with Crippen LogP contribution in [0.3, 0.4) is 0 Å². The normalized spacial score (nSPS) is 11.4. The second-order valence-electron chi connectivity index (χ2n) is 36.1. The lowest BCUT2D eigenvalue weighted by Crippen LogP contribution is -2.00. The van der Waals surface area contributed by atoms with Crippen molar-refractivity contribution in [2.24, 2.45) is 0 Å². The topological polar surface area (TPSA) is 116 Å². The number of hydrogen-bond donors (Lipinski definition) is 0. The standard InChI is InChI=1S/C47H29N3S.2C43H27N3S/c1-2-12-30(13-3-1)33-15-10-16-35(28-33)46-48-45(49-47(50-46)41-22-11-21-40-39-20-8-9-23-43(39)51-44(40)41)32-26-24-31(25-27-32)42-29-34-14-4-5-17-36(34)37-18-6-7-19-38(37)42;1-2-12-28(13-3-1)30-16-8-18-32(26-30)41-44-42(33-19-9-17-31(27-33)35-22-10-15-29-14-4-5-20-34(29)35)46-43(45-41)38-24-11-23-37-36-21-6-7-25-39(36)47-40(37)38;1-2-10-28(11-3-1)33-14-8-15-35(27-33)42-44-41(31-23-20-30(21-24-31)34-25-22-29-12-4-5-13-32(29)26-34)45-43(46-42)38-18-9-17-37-36-16-6-7-19-39(36)47-40(37)38/h1-29H;2*1-27H. The van der Waals surface area contributed by atoms with Crippen molar-refractivity contribution in [2.45, 2.75) is 0 Å². The highest BCUT2D eigenvalue weighted by atomic mass is 32.1. The molecule has 6 heterocycles. The lowest BCUT2D eigenvalue weighted by atomic mass is 9.93. The van der Waals surface area contributed by atoms with Gasteiger partial charge in [0.25, 0.3) is 0 Å². The van der Waals surface area contributed by atoms with Crippen molar-refractivity contribution in [3.63, 3.8) is 0 Å². The molecule has 0 unspecified atom stereocenters. The third-order valence-electron chi connectivity index (χ3n) is 27.2. The molecule has 0 aliphatic rings. The second-order valence-corrected chi connectivity index (χ2v) is 39.3. The number of rotatable bonds is 15. The van der Waals surface area contributed by atoms with Crippen LogP contribution in [0.4, 0.5) is 0 Å². The molecule has 0 N–H and O–H groups in total. The molecule has 28 aromatic rings. The van der Waals surface area contributed by atoms with Gasteiger partial charge in [0.05, 0.1) is 0 Å². The predicted molar refractivity (Wildman–Crippen MR) is 610 cm³/mol. The summed E-state index contributed by atoms with van der Waals surface area (Å²) in [5, 5.41) is 17.3. The molecule has 0 atom stereocenters. The number of fused-ring (bicyclic) bond motifs is 14. The van der Waals surface area contributed by atoms with E-state index in [1.165, 1.54) is 120 Å². The van der Waals surface area contributed by atoms with E-state index in [0.29, 0.717) is 52.4 Å². The Morgan fingerprint density at radius 1 is 0.110 bits per heavy atom. The van der Waals surface area contributed by atoms with Crippen LogP contribution in [-0.4, -0.2) is 44.9 Å². The Balaban J connectivity index is 0.000000111. The Morgan fingerprint density at radius 3 is 0.814 bits per heavy atom. The number of aromatic nitrogens is 9. The van der Waals surface area contributed by atoms with Crippen LogP contribution in [0.5, 0.6) is 0 Å². The average Bonchev–Trinajstić information content (AvgIpc) is 1.38. The molecule has 0 aliphatic heterocycles. The highest BCUT2D eigenvalue weighted by Crippen LogP contribution is 2.47. The van der Waals surface area contributed by atoms with E-state index in [1.54, 1.807) is 34.0 Å². The first-order chi connectivity index (χ1) is 71.8. The van der Waals surface area contributed by atoms with Crippen LogP contribution in [0.2, 0.25) is 0 Å². The molecule has 0 bridgehead atoms. The van der Waals surface area contributed by atoms with Gasteiger partial charge in [0, 0.05) is 111 Å². The van der Waals surface area contributed by atoms with Crippen LogP contribution in [-0.2, 0) is 0 Å². The lowest BCUT2D eigenvalue weighted by Gasteiger charge is -2.12. The maximum atomic E-state index is 5.18. The summed E-state index contributed by atoms with van der Waals surface area (Å²) in [6.45, 7) is 0. The van der Waals surface area contributed by atoms with E-state index in [1.807, 2.05) is 18.2 Å². The minimum atomic E-state index is 0.646. The molecule has 22 aromatic carbocycles. The molecule has 0 aliphatic carbocycles. The molecule has 0 amide bonds. The number of nitrogens with zero attached hydrogens (tertiary/aromatic N) is 9. The maximum absolute atomic E-state index is 5.18. The average molecular weight is 1900 g/mol. The fraction of sp³-hybridized carbons (Fsp3) is 0. The van der Waals surface area contributed by atoms with Gasteiger partial charge in [-0.3, -0.25) is 0 Å². The SMILES string of the molecule is c1ccc(-c2cccc(-c3nc(-c4ccc(-c5cc6ccccc6c6ccccc56)cc4)nc(-c4cccc5c4sc4ccccc45)n3)c2)cc1.c1ccc(-c2cccc(-c3nc(-c4ccc(-c5ccc6ccccc6c5)cc4)nc(-c4cccc5c4sc4ccccc45)n3)c2)cc1.c1ccc(-c2cccc(-c3nc(-c4cccc(-c5cccc6ccccc56)c4)nc(-c4cccc5c4sc4ccccc45)n3)c2)cc1. The van der Waals surface area contributed by atoms with Crippen LogP contribution in [0.15, 0.2) is 504 Å². The zero-order chi connectivity index (χ0) is 96.0. The molecule has 9 nitrogen and oxygen atoms in total. The fourth-order valence-electron chi connectivity index (χ4n) is 20.0. The summed E-state index contributed by atoms with van der Waals surface area (Å²) in [6, 6.07) is 177. The van der Waals surface area contributed by atoms with Crippen LogP contribution in [0.25, 0.3) is 273 Å². The predicted octanol–water partition coefficient (Wildman–Crippen LogP) is 36.3. The summed E-state index contributed by atoms with van der Waals surface area (Å²) in [5.41, 5.74) is 22.6. The van der Waals surface area contributed by atoms with Crippen LogP contribution < -0.4 is 0 Å². The molecular weight excluding hydrogens is 1820 g/mol. The fourth-order valence-corrected chi connectivity index (χ4v) is 23.6. The summed E-state index contributed by atoms with van der Waals surface area (Å²) >= 11 is 5.36. The zero-order valence-corrected chi connectivity index (χ0v) is 80.6. The van der Waals surface area contributed by atoms with E-state index in [9.17, 15) is 0 Å². The van der Waals surface area contributed by atoms with Crippen molar-refractivity contribution in [3.05, 3.63) is 504 Å². The van der Waals surface area contributed by atoms with Gasteiger partial charge in [0.1, 0.15) is 0 Å². The highest BCUT2D eigenvalue weighted by molar-refractivity contribution is 7.27. The van der Waals surface area contributed by atoms with E-state index < -0.39 is 0 Å². The molecule has 28 rings (SSSR count). The van der Waals surface area contributed by atoms with E-state index >= 15 is 0 Å². The second kappa shape index (κ2) is 38.0. The molecule has 0 spiro atoms. The number of hydrogen-bond acceptors (Lipinski definition) is 12. The zero-order valence-electron chi connectivity index (χ0n) is 78.2. The van der Waals surface area contributed by atoms with Gasteiger partial charge in [0.15, 0.2) is 52.4 Å². The van der Waals surface area contributed by atoms with Gasteiger partial charge in [-0.15, -0.1) is 34.0 Å². The van der Waals surface area contributed by atoms with E-state index in [-0.39, 0.29) is 0 Å². The summed E-state index contributed by atoms with van der Waals surface area (Å²) in [5.74, 6) is 5.91. The molecular formula is C133H83N9S3. The van der Waals surface area contributed by atoms with Crippen molar-refractivity contribution in [1.29, 1.82) is 0 Å². The Hall–Kier alpha value is -18.4. The van der Waals surface area contributed by atoms with Crippen molar-refractivity contribution >= 4 is 138 Å². The van der Waals surface area contributed by atoms with Gasteiger partial charge in [-0.05, 0) is 183 Å². The Morgan fingerprint density at radius 2 is 0.372 bits per heavy atom. The van der Waals surface area contributed by atoms with Gasteiger partial charge in [0.2, 0.25) is 0 Å². The lowest BCUT2D eigenvalue weighted by molar-refractivity contribution is 1.08. The molecule has 0 saturated heterocycles. The molecule has 0 saturated carbocycles. The van der Waals surface area contributed by atoms with E-state index in [2.05, 4.69) is 485 Å². The monoisotopic (exact) mass is 1900 g/mol. The Bertz CT molecular complexity index is 9850. The Kier molecular flexibility index (Phi) is 22.7. The minimum absolute atomic E-state index is 0.646. The van der Waals surface area contributed by atoms with Crippen molar-refractivity contribution in [3.8, 4) is 169 Å². The molecule has 0 radical (unpaired) electrons. The van der Waals surface area contributed by atoms with Gasteiger partial charge >= 0.3 is 0 Å². The smallest absolute Gasteiger partial charge is 0.165 e. The van der Waals surface area contributed by atoms with Crippen LogP contribution >= 0.6 is 34.0 Å². The number of thiophene rings is 3. The molecule has 678 valence electrons. The quantitative estimate of drug-likeness (QED) is 0.0925. The summed E-state index contributed by atoms with van der Waals surface area (Å²) < 4.78 is 7.30. The van der Waals surface area contributed by atoms with Gasteiger partial charge in [-0.2, -0.15) is 0 Å². The van der Waals surface area contributed by atoms with E-state index in [4.69, 9.17) is 44.9 Å². The van der Waals surface area contributed by atoms with Gasteiger partial charge in [-0.1, -0.05) is 431 Å². The van der Waals surface area contributed by atoms with Crippen molar-refractivity contribution in [1.82, 2.24) is 44.9 Å². The molecule has 0 fully saturated rings. The van der Waals surface area contributed by atoms with Gasteiger partial charge in [-0.25, -0.2) is 44.9 Å². The molecule has 145 heavy (non-hydrogen) atoms. The molecule has 12 heteroatoms. The van der Waals surface area contributed by atoms with E-state index in [0.717, 1.165) is 100 Å². The van der Waals surface area contributed by atoms with Gasteiger partial charge < -0.3 is 0 Å². The largest absolute Gasteiger partial charge is 0.208 e. The third-order valence-corrected chi connectivity index (χ3v) is 30.9. The first-order valence-corrected chi connectivity index (χ1v) is 50.9. The first kappa shape index (κ1) is 86.9. The Labute approximate surface area is 848 Å². The summed E-state index contributed by atoms with van der Waals surface area (Å²) in [4.78, 5) is 46.3. The number of benzene rings is 22. The highest BCUT2D eigenvalue weighted by Gasteiger charge is 2.24. The minimum Gasteiger partial charge on any atom is -0.208 e. The van der Waals surface area contributed by atoms with Crippen LogP contribution in [0, 0.1) is 0 Å². The molecule has 6 aromatic heterocycles. The first-order valence-electron chi connectivity index (χ1n) is 48.5. The van der Waals surface area contributed by atoms with Crippen LogP contribution in [0.1, 0.15) is 0 Å². The maximum Gasteiger partial charge on any atom is 0.165 e. The summed E-state index contributed by atoms with van der Waals surface area (Å²) in [7, 11) is 0. The van der Waals surface area contributed by atoms with Crippen molar-refractivity contribution in [2.75, 3.05) is 0 Å².